The molecule has 5 nitrogen and oxygen atoms in total. The number of rotatable bonds is 5. The van der Waals surface area contributed by atoms with Crippen LogP contribution in [0.5, 0.6) is 0 Å². The van der Waals surface area contributed by atoms with Crippen molar-refractivity contribution in [1.29, 1.82) is 0 Å². The molecule has 0 radical (unpaired) electrons. The second-order valence-corrected chi connectivity index (χ2v) is 8.11. The molecule has 2 aromatic rings. The van der Waals surface area contributed by atoms with Crippen molar-refractivity contribution in [2.75, 3.05) is 19.6 Å². The average Bonchev–Trinajstić information content (AvgIpc) is 3.15. The number of aryl methyl sites for hydroxylation is 1. The number of likely N-dealkylation sites (tertiary alicyclic amines) is 1. The van der Waals surface area contributed by atoms with Crippen LogP contribution in [0.3, 0.4) is 0 Å². The molecule has 3 rings (SSSR count). The fraction of sp³-hybridized carbons (Fsp3) is 0.600. The predicted molar refractivity (Wildman–Crippen MR) is 101 cm³/mol. The molecule has 1 fully saturated rings. The molecule has 1 amide bonds. The number of amides is 1. The number of benzene rings is 1. The molecule has 1 N–H and O–H groups in total. The summed E-state index contributed by atoms with van der Waals surface area (Å²) in [4.78, 5) is 19.3. The van der Waals surface area contributed by atoms with Gasteiger partial charge in [0.05, 0.1) is 17.6 Å². The van der Waals surface area contributed by atoms with Crippen LogP contribution in [-0.2, 0) is 17.9 Å². The largest absolute Gasteiger partial charge is 0.355 e. The molecular formula is C20H30N4O. The van der Waals surface area contributed by atoms with Gasteiger partial charge in [0.1, 0.15) is 5.82 Å². The number of imidazole rings is 1. The molecule has 136 valence electrons. The summed E-state index contributed by atoms with van der Waals surface area (Å²) in [6.45, 7) is 12.7. The quantitative estimate of drug-likeness (QED) is 0.909. The van der Waals surface area contributed by atoms with Gasteiger partial charge in [-0.2, -0.15) is 0 Å². The highest BCUT2D eigenvalue weighted by Gasteiger charge is 2.26. The van der Waals surface area contributed by atoms with E-state index in [1.54, 1.807) is 0 Å². The number of hydrogen-bond donors (Lipinski definition) is 1. The number of nitrogens with one attached hydrogen (secondary N) is 1. The van der Waals surface area contributed by atoms with Crippen LogP contribution in [-0.4, -0.2) is 40.0 Å². The second-order valence-electron chi connectivity index (χ2n) is 8.11. The molecule has 1 saturated heterocycles. The summed E-state index contributed by atoms with van der Waals surface area (Å²) in [7, 11) is 0. The molecule has 1 aromatic heterocycles. The smallest absolute Gasteiger partial charge is 0.225 e. The Balaban J connectivity index is 1.59. The summed E-state index contributed by atoms with van der Waals surface area (Å²) >= 11 is 0. The second kappa shape index (κ2) is 7.16. The minimum absolute atomic E-state index is 0.138. The number of hydrogen-bond acceptors (Lipinski definition) is 3. The van der Waals surface area contributed by atoms with E-state index in [1.807, 2.05) is 26.8 Å². The highest BCUT2D eigenvalue weighted by molar-refractivity contribution is 5.81. The number of para-hydroxylation sites is 2. The third-order valence-electron chi connectivity index (χ3n) is 5.02. The van der Waals surface area contributed by atoms with Gasteiger partial charge in [-0.15, -0.1) is 0 Å². The van der Waals surface area contributed by atoms with E-state index in [4.69, 9.17) is 4.98 Å². The van der Waals surface area contributed by atoms with Crippen molar-refractivity contribution in [3.05, 3.63) is 30.1 Å². The van der Waals surface area contributed by atoms with Crippen molar-refractivity contribution >= 4 is 16.9 Å². The van der Waals surface area contributed by atoms with Gasteiger partial charge in [0, 0.05) is 25.0 Å². The van der Waals surface area contributed by atoms with Crippen molar-refractivity contribution in [3.63, 3.8) is 0 Å². The number of carbonyl (C=O) groups is 1. The Morgan fingerprint density at radius 1 is 1.32 bits per heavy atom. The first-order chi connectivity index (χ1) is 11.9. The van der Waals surface area contributed by atoms with Crippen LogP contribution in [0.1, 0.15) is 39.9 Å². The molecule has 0 saturated carbocycles. The monoisotopic (exact) mass is 342 g/mol. The normalized spacial score (nSPS) is 18.8. The molecule has 0 unspecified atom stereocenters. The first-order valence-electron chi connectivity index (χ1n) is 9.33. The highest BCUT2D eigenvalue weighted by Crippen LogP contribution is 2.22. The molecule has 1 aromatic carbocycles. The van der Waals surface area contributed by atoms with E-state index in [-0.39, 0.29) is 11.3 Å². The first kappa shape index (κ1) is 17.9. The van der Waals surface area contributed by atoms with Crippen molar-refractivity contribution in [3.8, 4) is 0 Å². The number of carbonyl (C=O) groups excluding carboxylic acids is 1. The fourth-order valence-electron chi connectivity index (χ4n) is 3.52. The van der Waals surface area contributed by atoms with E-state index in [2.05, 4.69) is 39.9 Å². The minimum Gasteiger partial charge on any atom is -0.355 e. The molecule has 0 spiro atoms. The Bertz CT molecular complexity index is 744. The van der Waals surface area contributed by atoms with Crippen molar-refractivity contribution in [2.45, 2.75) is 47.2 Å². The van der Waals surface area contributed by atoms with Crippen LogP contribution < -0.4 is 5.32 Å². The Kier molecular flexibility index (Phi) is 5.13. The Morgan fingerprint density at radius 2 is 2.08 bits per heavy atom. The van der Waals surface area contributed by atoms with Crippen LogP contribution in [0.4, 0.5) is 0 Å². The van der Waals surface area contributed by atoms with E-state index < -0.39 is 0 Å². The van der Waals surface area contributed by atoms with Crippen LogP contribution in [0.15, 0.2) is 24.3 Å². The van der Waals surface area contributed by atoms with Crippen molar-refractivity contribution < 1.29 is 4.79 Å². The van der Waals surface area contributed by atoms with Crippen LogP contribution >= 0.6 is 0 Å². The maximum absolute atomic E-state index is 12.0. The zero-order valence-electron chi connectivity index (χ0n) is 15.9. The maximum atomic E-state index is 12.0. The molecule has 1 aliphatic heterocycles. The molecule has 0 aliphatic carbocycles. The Morgan fingerprint density at radius 3 is 2.80 bits per heavy atom. The topological polar surface area (TPSA) is 50.2 Å². The summed E-state index contributed by atoms with van der Waals surface area (Å²) in [5.41, 5.74) is 1.98. The molecule has 25 heavy (non-hydrogen) atoms. The third-order valence-corrected chi connectivity index (χ3v) is 5.02. The van der Waals surface area contributed by atoms with Gasteiger partial charge in [-0.05, 0) is 37.9 Å². The lowest BCUT2D eigenvalue weighted by atomic mass is 9.95. The summed E-state index contributed by atoms with van der Waals surface area (Å²) in [6.07, 6.45) is 1.14. The summed E-state index contributed by atoms with van der Waals surface area (Å²) in [6, 6.07) is 8.34. The lowest BCUT2D eigenvalue weighted by Crippen LogP contribution is -2.38. The molecule has 5 heteroatoms. The molecule has 1 atom stereocenters. The zero-order chi connectivity index (χ0) is 18.0. The third kappa shape index (κ3) is 4.03. The SMILES string of the molecule is CCn1c(CN2CC[C@@H](CNC(=O)C(C)(C)C)C2)nc2ccccc21. The minimum atomic E-state index is -0.315. The van der Waals surface area contributed by atoms with Gasteiger partial charge in [0.2, 0.25) is 5.91 Å². The summed E-state index contributed by atoms with van der Waals surface area (Å²) in [5, 5.41) is 3.11. The number of fused-ring (bicyclic) bond motifs is 1. The Hall–Kier alpha value is -1.88. The lowest BCUT2D eigenvalue weighted by Gasteiger charge is -2.20. The first-order valence-corrected chi connectivity index (χ1v) is 9.33. The summed E-state index contributed by atoms with van der Waals surface area (Å²) < 4.78 is 2.31. The molecule has 1 aliphatic rings. The molecule has 2 heterocycles. The predicted octanol–water partition coefficient (Wildman–Crippen LogP) is 3.04. The van der Waals surface area contributed by atoms with Crippen LogP contribution in [0, 0.1) is 11.3 Å². The van der Waals surface area contributed by atoms with Crippen LogP contribution in [0.2, 0.25) is 0 Å². The van der Waals surface area contributed by atoms with Gasteiger partial charge in [0.25, 0.3) is 0 Å². The van der Waals surface area contributed by atoms with E-state index >= 15 is 0 Å². The molecule has 0 bridgehead atoms. The van der Waals surface area contributed by atoms with E-state index in [9.17, 15) is 4.79 Å². The van der Waals surface area contributed by atoms with Crippen LogP contribution in [0.25, 0.3) is 11.0 Å². The van der Waals surface area contributed by atoms with Crippen molar-refractivity contribution in [2.24, 2.45) is 11.3 Å². The van der Waals surface area contributed by atoms with E-state index in [0.717, 1.165) is 50.5 Å². The fourth-order valence-corrected chi connectivity index (χ4v) is 3.52. The van der Waals surface area contributed by atoms with Gasteiger partial charge in [-0.3, -0.25) is 9.69 Å². The number of nitrogens with zero attached hydrogens (tertiary/aromatic N) is 3. The van der Waals surface area contributed by atoms with E-state index in [0.29, 0.717) is 5.92 Å². The Labute approximate surface area is 150 Å². The zero-order valence-corrected chi connectivity index (χ0v) is 15.9. The summed E-state index contributed by atoms with van der Waals surface area (Å²) in [5.74, 6) is 1.81. The lowest BCUT2D eigenvalue weighted by molar-refractivity contribution is -0.128. The van der Waals surface area contributed by atoms with Gasteiger partial charge in [-0.25, -0.2) is 4.98 Å². The number of aromatic nitrogens is 2. The van der Waals surface area contributed by atoms with Gasteiger partial charge < -0.3 is 9.88 Å². The van der Waals surface area contributed by atoms with Gasteiger partial charge in [-0.1, -0.05) is 32.9 Å². The van der Waals surface area contributed by atoms with Crippen molar-refractivity contribution in [1.82, 2.24) is 19.8 Å². The standard InChI is InChI=1S/C20H30N4O/c1-5-24-17-9-7-6-8-16(17)22-18(24)14-23-11-10-15(13-23)12-21-19(25)20(2,3)4/h6-9,15H,5,10-14H2,1-4H3,(H,21,25)/t15-/m0/s1. The average molecular weight is 342 g/mol. The highest BCUT2D eigenvalue weighted by atomic mass is 16.2. The maximum Gasteiger partial charge on any atom is 0.225 e. The van der Waals surface area contributed by atoms with Gasteiger partial charge in [0.15, 0.2) is 0 Å². The van der Waals surface area contributed by atoms with E-state index in [1.165, 1.54) is 5.52 Å². The molecular weight excluding hydrogens is 312 g/mol. The van der Waals surface area contributed by atoms with Gasteiger partial charge >= 0.3 is 0 Å².